The topological polar surface area (TPSA) is 56.5 Å². The third-order valence-electron chi connectivity index (χ3n) is 3.04. The molecule has 0 fully saturated rings. The van der Waals surface area contributed by atoms with Gasteiger partial charge < -0.3 is 9.47 Å². The van der Waals surface area contributed by atoms with E-state index in [0.29, 0.717) is 6.61 Å². The highest BCUT2D eigenvalue weighted by molar-refractivity contribution is 5.13. The molecular formula is C13H26N2O2. The van der Waals surface area contributed by atoms with Gasteiger partial charge in [0, 0.05) is 6.61 Å². The molecule has 0 radical (unpaired) electrons. The average Bonchev–Trinajstić information content (AvgIpc) is 2.29. The van der Waals surface area contributed by atoms with Crippen molar-refractivity contribution in [2.24, 2.45) is 11.3 Å². The van der Waals surface area contributed by atoms with Crippen LogP contribution in [0.1, 0.15) is 40.5 Å². The van der Waals surface area contributed by atoms with Crippen molar-refractivity contribution in [3.8, 4) is 0 Å². The summed E-state index contributed by atoms with van der Waals surface area (Å²) < 4.78 is 11.3. The molecule has 2 atom stereocenters. The largest absolute Gasteiger partial charge is 0.501 e. The van der Waals surface area contributed by atoms with Crippen LogP contribution >= 0.6 is 0 Å². The van der Waals surface area contributed by atoms with E-state index in [-0.39, 0.29) is 17.6 Å². The van der Waals surface area contributed by atoms with E-state index < -0.39 is 0 Å². The van der Waals surface area contributed by atoms with Gasteiger partial charge in [0.25, 0.3) is 0 Å². The van der Waals surface area contributed by atoms with Crippen LogP contribution in [-0.4, -0.2) is 25.4 Å². The maximum Gasteiger partial charge on any atom is 0.0876 e. The van der Waals surface area contributed by atoms with Gasteiger partial charge in [0.15, 0.2) is 0 Å². The van der Waals surface area contributed by atoms with Crippen LogP contribution in [0.25, 0.3) is 0 Å². The van der Waals surface area contributed by atoms with Crippen LogP contribution in [0.15, 0.2) is 11.8 Å². The number of hydrogen-bond acceptors (Lipinski definition) is 4. The molecular weight excluding hydrogens is 216 g/mol. The van der Waals surface area contributed by atoms with E-state index in [1.165, 1.54) is 5.57 Å². The zero-order valence-electron chi connectivity index (χ0n) is 11.5. The van der Waals surface area contributed by atoms with Gasteiger partial charge in [-0.15, -0.1) is 0 Å². The smallest absolute Gasteiger partial charge is 0.0876 e. The number of hydrazine groups is 1. The quantitative estimate of drug-likeness (QED) is 0.571. The summed E-state index contributed by atoms with van der Waals surface area (Å²) in [6.45, 7) is 10.0. The third-order valence-corrected chi connectivity index (χ3v) is 3.04. The summed E-state index contributed by atoms with van der Waals surface area (Å²) in [5.41, 5.74) is 4.12. The fourth-order valence-electron chi connectivity index (χ4n) is 2.23. The van der Waals surface area contributed by atoms with Crippen LogP contribution in [0, 0.1) is 5.41 Å². The Kier molecular flexibility index (Phi) is 5.43. The van der Waals surface area contributed by atoms with Crippen LogP contribution in [0.4, 0.5) is 0 Å². The Hall–Kier alpha value is -0.580. The SMILES string of the molecule is CCOC(C(NN)C1=COCCC1)C(C)(C)C. The number of rotatable bonds is 5. The third kappa shape index (κ3) is 3.98. The number of nitrogens with two attached hydrogens (primary N) is 1. The summed E-state index contributed by atoms with van der Waals surface area (Å²) in [7, 11) is 0. The van der Waals surface area contributed by atoms with E-state index in [1.807, 2.05) is 13.2 Å². The number of ether oxygens (including phenoxy) is 2. The lowest BCUT2D eigenvalue weighted by atomic mass is 9.81. The first-order valence-corrected chi connectivity index (χ1v) is 6.39. The molecule has 0 aromatic carbocycles. The van der Waals surface area contributed by atoms with Gasteiger partial charge in [0.05, 0.1) is 25.0 Å². The zero-order valence-corrected chi connectivity index (χ0v) is 11.5. The van der Waals surface area contributed by atoms with E-state index in [4.69, 9.17) is 15.3 Å². The molecule has 4 heteroatoms. The van der Waals surface area contributed by atoms with Crippen molar-refractivity contribution in [2.75, 3.05) is 13.2 Å². The first-order valence-electron chi connectivity index (χ1n) is 6.39. The second kappa shape index (κ2) is 6.38. The molecule has 0 saturated carbocycles. The van der Waals surface area contributed by atoms with Crippen LogP contribution in [-0.2, 0) is 9.47 Å². The Bertz CT molecular complexity index is 259. The first kappa shape index (κ1) is 14.5. The second-order valence-corrected chi connectivity index (χ2v) is 5.55. The van der Waals surface area contributed by atoms with E-state index in [2.05, 4.69) is 26.2 Å². The summed E-state index contributed by atoms with van der Waals surface area (Å²) in [5, 5.41) is 0. The molecule has 0 saturated heterocycles. The fraction of sp³-hybridized carbons (Fsp3) is 0.846. The summed E-state index contributed by atoms with van der Waals surface area (Å²) in [6.07, 6.45) is 3.96. The Morgan fingerprint density at radius 3 is 2.65 bits per heavy atom. The van der Waals surface area contributed by atoms with Gasteiger partial charge in [-0.2, -0.15) is 0 Å². The maximum atomic E-state index is 5.87. The van der Waals surface area contributed by atoms with Crippen LogP contribution in [0.5, 0.6) is 0 Å². The molecule has 1 aliphatic rings. The molecule has 100 valence electrons. The van der Waals surface area contributed by atoms with E-state index >= 15 is 0 Å². The van der Waals surface area contributed by atoms with Crippen molar-refractivity contribution in [1.82, 2.24) is 5.43 Å². The lowest BCUT2D eigenvalue weighted by molar-refractivity contribution is -0.0299. The molecule has 17 heavy (non-hydrogen) atoms. The Morgan fingerprint density at radius 2 is 2.24 bits per heavy atom. The van der Waals surface area contributed by atoms with Gasteiger partial charge in [0.1, 0.15) is 0 Å². The van der Waals surface area contributed by atoms with Gasteiger partial charge in [0.2, 0.25) is 0 Å². The number of nitrogens with one attached hydrogen (secondary N) is 1. The van der Waals surface area contributed by atoms with Crippen molar-refractivity contribution in [3.05, 3.63) is 11.8 Å². The fourth-order valence-corrected chi connectivity index (χ4v) is 2.23. The van der Waals surface area contributed by atoms with Gasteiger partial charge in [-0.25, -0.2) is 0 Å². The molecule has 2 unspecified atom stereocenters. The Morgan fingerprint density at radius 1 is 1.53 bits per heavy atom. The van der Waals surface area contributed by atoms with E-state index in [9.17, 15) is 0 Å². The van der Waals surface area contributed by atoms with Gasteiger partial charge in [-0.1, -0.05) is 20.8 Å². The minimum absolute atomic E-state index is 0.0234. The molecule has 3 N–H and O–H groups in total. The molecule has 0 aromatic heterocycles. The molecule has 0 spiro atoms. The standard InChI is InChI=1S/C13H26N2O2/c1-5-17-12(13(2,3)4)11(15-14)10-7-6-8-16-9-10/h9,11-12,15H,5-8,14H2,1-4H3. The summed E-state index contributed by atoms with van der Waals surface area (Å²) in [4.78, 5) is 0. The molecule has 0 amide bonds. The van der Waals surface area contributed by atoms with Gasteiger partial charge >= 0.3 is 0 Å². The van der Waals surface area contributed by atoms with Gasteiger partial charge in [-0.3, -0.25) is 11.3 Å². The minimum atomic E-state index is 0.0234. The molecule has 0 aromatic rings. The normalized spacial score (nSPS) is 20.4. The Labute approximate surface area is 105 Å². The van der Waals surface area contributed by atoms with Crippen molar-refractivity contribution in [2.45, 2.75) is 52.7 Å². The van der Waals surface area contributed by atoms with Crippen molar-refractivity contribution in [1.29, 1.82) is 0 Å². The van der Waals surface area contributed by atoms with Crippen LogP contribution in [0.2, 0.25) is 0 Å². The molecule has 4 nitrogen and oxygen atoms in total. The van der Waals surface area contributed by atoms with E-state index in [1.54, 1.807) is 0 Å². The predicted octanol–water partition coefficient (Wildman–Crippen LogP) is 1.96. The summed E-state index contributed by atoms with van der Waals surface area (Å²) in [5.74, 6) is 5.71. The highest BCUT2D eigenvalue weighted by atomic mass is 16.5. The Balaban J connectivity index is 2.84. The van der Waals surface area contributed by atoms with Crippen LogP contribution < -0.4 is 11.3 Å². The highest BCUT2D eigenvalue weighted by Crippen LogP contribution is 2.30. The zero-order chi connectivity index (χ0) is 12.9. The molecule has 1 aliphatic heterocycles. The maximum absolute atomic E-state index is 5.87. The lowest BCUT2D eigenvalue weighted by Gasteiger charge is -2.38. The van der Waals surface area contributed by atoms with Crippen molar-refractivity contribution in [3.63, 3.8) is 0 Å². The van der Waals surface area contributed by atoms with Crippen LogP contribution in [0.3, 0.4) is 0 Å². The predicted molar refractivity (Wildman–Crippen MR) is 69.2 cm³/mol. The highest BCUT2D eigenvalue weighted by Gasteiger charge is 2.35. The number of hydrogen-bond donors (Lipinski definition) is 2. The monoisotopic (exact) mass is 242 g/mol. The second-order valence-electron chi connectivity index (χ2n) is 5.55. The summed E-state index contributed by atoms with van der Waals surface area (Å²) >= 11 is 0. The van der Waals surface area contributed by atoms with Gasteiger partial charge in [-0.05, 0) is 30.8 Å². The van der Waals surface area contributed by atoms with E-state index in [0.717, 1.165) is 19.4 Å². The molecule has 0 bridgehead atoms. The lowest BCUT2D eigenvalue weighted by Crippen LogP contribution is -2.52. The molecule has 0 aliphatic carbocycles. The molecule has 1 heterocycles. The average molecular weight is 242 g/mol. The summed E-state index contributed by atoms with van der Waals surface area (Å²) in [6, 6.07) is 0.0234. The van der Waals surface area contributed by atoms with Crippen molar-refractivity contribution < 1.29 is 9.47 Å². The minimum Gasteiger partial charge on any atom is -0.501 e. The molecule has 1 rings (SSSR count). The first-order chi connectivity index (χ1) is 8.00. The van der Waals surface area contributed by atoms with Crippen molar-refractivity contribution >= 4 is 0 Å².